The number of hydrogen-bond donors (Lipinski definition) is 1. The molecule has 0 radical (unpaired) electrons. The molecule has 0 atom stereocenters. The minimum absolute atomic E-state index is 0.182. The summed E-state index contributed by atoms with van der Waals surface area (Å²) in [7, 11) is 1.58. The Morgan fingerprint density at radius 3 is 2.87 bits per heavy atom. The van der Waals surface area contributed by atoms with Gasteiger partial charge in [0, 0.05) is 11.6 Å². The van der Waals surface area contributed by atoms with Crippen molar-refractivity contribution in [2.24, 2.45) is 0 Å². The highest BCUT2D eigenvalue weighted by Crippen LogP contribution is 2.51. The summed E-state index contributed by atoms with van der Waals surface area (Å²) in [6, 6.07) is 1.88. The first-order chi connectivity index (χ1) is 7.16. The molecule has 0 unspecified atom stereocenters. The van der Waals surface area contributed by atoms with Crippen LogP contribution in [0.5, 0.6) is 5.75 Å². The molecule has 0 aliphatic heterocycles. The lowest BCUT2D eigenvalue weighted by Crippen LogP contribution is -2.13. The molecule has 1 heterocycles. The molecule has 1 N–H and O–H groups in total. The second-order valence-electron chi connectivity index (χ2n) is 3.96. The number of carboxylic acid groups (broad SMARTS) is 1. The molecule has 0 amide bonds. The van der Waals surface area contributed by atoms with E-state index < -0.39 is 5.97 Å². The molecule has 4 heteroatoms. The Balaban J connectivity index is 2.25. The summed E-state index contributed by atoms with van der Waals surface area (Å²) in [5.74, 6) is -0.0699. The molecule has 0 saturated heterocycles. The fraction of sp³-hybridized carbons (Fsp3) is 0.455. The van der Waals surface area contributed by atoms with Crippen LogP contribution in [0.2, 0.25) is 0 Å². The highest BCUT2D eigenvalue weighted by atomic mass is 16.5. The van der Waals surface area contributed by atoms with Gasteiger partial charge in [0.05, 0.1) is 19.7 Å². The SMILES string of the molecule is COc1cncc(C2(CC(=O)O)CC2)c1. The molecule has 15 heavy (non-hydrogen) atoms. The van der Waals surface area contributed by atoms with Crippen LogP contribution in [0.25, 0.3) is 0 Å². The second kappa shape index (κ2) is 3.53. The van der Waals surface area contributed by atoms with E-state index in [-0.39, 0.29) is 11.8 Å². The predicted octanol–water partition coefficient (Wildman–Crippen LogP) is 1.60. The third-order valence-electron chi connectivity index (χ3n) is 2.90. The Hall–Kier alpha value is -1.58. The van der Waals surface area contributed by atoms with E-state index in [1.54, 1.807) is 19.5 Å². The molecule has 1 aromatic rings. The van der Waals surface area contributed by atoms with Crippen LogP contribution in [0.4, 0.5) is 0 Å². The molecule has 1 saturated carbocycles. The summed E-state index contributed by atoms with van der Waals surface area (Å²) in [5.41, 5.74) is 0.789. The van der Waals surface area contributed by atoms with E-state index in [1.165, 1.54) is 0 Å². The van der Waals surface area contributed by atoms with Crippen molar-refractivity contribution < 1.29 is 14.6 Å². The van der Waals surface area contributed by atoms with Crippen molar-refractivity contribution in [2.45, 2.75) is 24.7 Å². The van der Waals surface area contributed by atoms with Gasteiger partial charge in [-0.1, -0.05) is 0 Å². The molecule has 2 rings (SSSR count). The van der Waals surface area contributed by atoms with Crippen molar-refractivity contribution >= 4 is 5.97 Å². The van der Waals surface area contributed by atoms with Crippen LogP contribution in [-0.2, 0) is 10.2 Å². The quantitative estimate of drug-likeness (QED) is 0.814. The number of carbonyl (C=O) groups is 1. The Morgan fingerprint density at radius 1 is 1.60 bits per heavy atom. The van der Waals surface area contributed by atoms with E-state index in [0.29, 0.717) is 5.75 Å². The van der Waals surface area contributed by atoms with Crippen LogP contribution in [0.3, 0.4) is 0 Å². The van der Waals surface area contributed by atoms with Crippen LogP contribution < -0.4 is 4.74 Å². The van der Waals surface area contributed by atoms with Gasteiger partial charge in [0.1, 0.15) is 5.75 Å². The smallest absolute Gasteiger partial charge is 0.304 e. The highest BCUT2D eigenvalue weighted by Gasteiger charge is 2.46. The molecular formula is C11H13NO3. The number of aliphatic carboxylic acids is 1. The topological polar surface area (TPSA) is 59.4 Å². The molecule has 1 aliphatic carbocycles. The monoisotopic (exact) mass is 207 g/mol. The largest absolute Gasteiger partial charge is 0.495 e. The second-order valence-corrected chi connectivity index (χ2v) is 3.96. The lowest BCUT2D eigenvalue weighted by atomic mass is 9.94. The fourth-order valence-corrected chi connectivity index (χ4v) is 1.83. The molecular weight excluding hydrogens is 194 g/mol. The van der Waals surface area contributed by atoms with Gasteiger partial charge in [-0.3, -0.25) is 9.78 Å². The molecule has 4 nitrogen and oxygen atoms in total. The third-order valence-corrected chi connectivity index (χ3v) is 2.90. The zero-order valence-corrected chi connectivity index (χ0v) is 8.56. The van der Waals surface area contributed by atoms with E-state index in [1.807, 2.05) is 6.07 Å². The normalized spacial score (nSPS) is 17.1. The summed E-state index contributed by atoms with van der Waals surface area (Å²) in [6.45, 7) is 0. The van der Waals surface area contributed by atoms with Crippen molar-refractivity contribution in [1.82, 2.24) is 4.98 Å². The van der Waals surface area contributed by atoms with Gasteiger partial charge in [0.15, 0.2) is 0 Å². The summed E-state index contributed by atoms with van der Waals surface area (Å²) in [6.07, 6.45) is 5.39. The molecule has 1 fully saturated rings. The van der Waals surface area contributed by atoms with Crippen LogP contribution in [0.1, 0.15) is 24.8 Å². The Morgan fingerprint density at radius 2 is 2.33 bits per heavy atom. The fourth-order valence-electron chi connectivity index (χ4n) is 1.83. The Kier molecular flexibility index (Phi) is 2.34. The maximum Gasteiger partial charge on any atom is 0.304 e. The molecule has 1 aliphatic rings. The summed E-state index contributed by atoms with van der Waals surface area (Å²) in [5, 5.41) is 8.83. The van der Waals surface area contributed by atoms with Gasteiger partial charge in [-0.15, -0.1) is 0 Å². The van der Waals surface area contributed by atoms with Crippen LogP contribution in [0, 0.1) is 0 Å². The predicted molar refractivity (Wildman–Crippen MR) is 54.0 cm³/mol. The third kappa shape index (κ3) is 1.93. The minimum Gasteiger partial charge on any atom is -0.495 e. The molecule has 0 spiro atoms. The standard InChI is InChI=1S/C11H13NO3/c1-15-9-4-8(6-12-7-9)11(2-3-11)5-10(13)14/h4,6-7H,2-3,5H2,1H3,(H,13,14). The average Bonchev–Trinajstić information content (AvgIpc) is 2.98. The van der Waals surface area contributed by atoms with Gasteiger partial charge in [-0.05, 0) is 24.5 Å². The number of hydrogen-bond acceptors (Lipinski definition) is 3. The number of ether oxygens (including phenoxy) is 1. The van der Waals surface area contributed by atoms with Crippen molar-refractivity contribution in [2.75, 3.05) is 7.11 Å². The maximum absolute atomic E-state index is 10.7. The number of rotatable bonds is 4. The maximum atomic E-state index is 10.7. The van der Waals surface area contributed by atoms with E-state index in [9.17, 15) is 4.79 Å². The number of pyridine rings is 1. The van der Waals surface area contributed by atoms with Gasteiger partial charge in [-0.2, -0.15) is 0 Å². The van der Waals surface area contributed by atoms with Crippen LogP contribution in [0.15, 0.2) is 18.5 Å². The zero-order valence-electron chi connectivity index (χ0n) is 8.56. The van der Waals surface area contributed by atoms with E-state index in [2.05, 4.69) is 4.98 Å². The van der Waals surface area contributed by atoms with Crippen molar-refractivity contribution in [1.29, 1.82) is 0 Å². The molecule has 1 aromatic heterocycles. The Bertz CT molecular complexity index is 385. The van der Waals surface area contributed by atoms with Gasteiger partial charge in [0.25, 0.3) is 0 Å². The molecule has 0 aromatic carbocycles. The van der Waals surface area contributed by atoms with Gasteiger partial charge < -0.3 is 9.84 Å². The molecule has 80 valence electrons. The lowest BCUT2D eigenvalue weighted by molar-refractivity contribution is -0.137. The van der Waals surface area contributed by atoms with Crippen molar-refractivity contribution in [3.63, 3.8) is 0 Å². The van der Waals surface area contributed by atoms with Crippen LogP contribution in [-0.4, -0.2) is 23.2 Å². The van der Waals surface area contributed by atoms with Gasteiger partial charge in [0.2, 0.25) is 0 Å². The minimum atomic E-state index is -0.754. The summed E-state index contributed by atoms with van der Waals surface area (Å²) in [4.78, 5) is 14.8. The number of methoxy groups -OCH3 is 1. The number of nitrogens with zero attached hydrogens (tertiary/aromatic N) is 1. The van der Waals surface area contributed by atoms with Crippen molar-refractivity contribution in [3.05, 3.63) is 24.0 Å². The summed E-state index contributed by atoms with van der Waals surface area (Å²) < 4.78 is 5.07. The van der Waals surface area contributed by atoms with Crippen LogP contribution >= 0.6 is 0 Å². The first-order valence-corrected chi connectivity index (χ1v) is 4.88. The number of carboxylic acids is 1. The number of aromatic nitrogens is 1. The van der Waals surface area contributed by atoms with E-state index >= 15 is 0 Å². The Labute approximate surface area is 87.9 Å². The molecule has 0 bridgehead atoms. The zero-order chi connectivity index (χ0) is 10.9. The van der Waals surface area contributed by atoms with E-state index in [4.69, 9.17) is 9.84 Å². The average molecular weight is 207 g/mol. The highest BCUT2D eigenvalue weighted by molar-refractivity contribution is 5.70. The first-order valence-electron chi connectivity index (χ1n) is 4.88. The van der Waals surface area contributed by atoms with E-state index in [0.717, 1.165) is 18.4 Å². The summed E-state index contributed by atoms with van der Waals surface area (Å²) >= 11 is 0. The lowest BCUT2D eigenvalue weighted by Gasteiger charge is -2.13. The van der Waals surface area contributed by atoms with Gasteiger partial charge in [-0.25, -0.2) is 0 Å². The first kappa shape index (κ1) is 9.96. The van der Waals surface area contributed by atoms with Crippen molar-refractivity contribution in [3.8, 4) is 5.75 Å². The van der Waals surface area contributed by atoms with Gasteiger partial charge >= 0.3 is 5.97 Å².